The Hall–Kier alpha value is -1.15. The maximum atomic E-state index is 13.1. The minimum Gasteiger partial charge on any atom is -0.339 e. The number of rotatable bonds is 3. The van der Waals surface area contributed by atoms with Gasteiger partial charge in [-0.3, -0.25) is 4.79 Å². The van der Waals surface area contributed by atoms with Crippen LogP contribution in [-0.2, 0) is 20.2 Å². The van der Waals surface area contributed by atoms with Gasteiger partial charge in [0.25, 0.3) is 0 Å². The summed E-state index contributed by atoms with van der Waals surface area (Å²) in [6.45, 7) is 11.4. The van der Waals surface area contributed by atoms with Crippen molar-refractivity contribution in [1.29, 1.82) is 0 Å². The molecule has 148 valence electrons. The second kappa shape index (κ2) is 8.25. The van der Waals surface area contributed by atoms with Gasteiger partial charge >= 0.3 is 0 Å². The topological polar surface area (TPSA) is 83.7 Å². The van der Waals surface area contributed by atoms with E-state index in [0.717, 1.165) is 16.7 Å². The van der Waals surface area contributed by atoms with E-state index < -0.39 is 10.0 Å². The first-order chi connectivity index (χ1) is 11.5. The standard InChI is InChI=1S/C18H29N3O3S.ClH/c1-13-10-15(18(3,4)5)11-14(2)17(13)25(23,24)21-8-6-20(7-9-21)16(22)12-19;/h10-11H,6-9,12,19H2,1-5H3;1H. The van der Waals surface area contributed by atoms with Crippen LogP contribution >= 0.6 is 12.4 Å². The highest BCUT2D eigenvalue weighted by molar-refractivity contribution is 7.89. The van der Waals surface area contributed by atoms with Gasteiger partial charge in [0, 0.05) is 26.2 Å². The average molecular weight is 404 g/mol. The Balaban J connectivity index is 0.00000338. The maximum absolute atomic E-state index is 13.1. The van der Waals surface area contributed by atoms with E-state index in [1.807, 2.05) is 26.0 Å². The van der Waals surface area contributed by atoms with Crippen LogP contribution in [0.5, 0.6) is 0 Å². The molecule has 1 aliphatic rings. The molecule has 6 nitrogen and oxygen atoms in total. The lowest BCUT2D eigenvalue weighted by atomic mass is 9.85. The summed E-state index contributed by atoms with van der Waals surface area (Å²) in [5.74, 6) is -0.140. The predicted octanol–water partition coefficient (Wildman–Crippen LogP) is 1.81. The monoisotopic (exact) mass is 403 g/mol. The van der Waals surface area contributed by atoms with E-state index >= 15 is 0 Å². The molecule has 0 aromatic heterocycles. The molecule has 0 bridgehead atoms. The molecule has 1 amide bonds. The van der Waals surface area contributed by atoms with Crippen LogP contribution in [0.15, 0.2) is 17.0 Å². The number of hydrogen-bond acceptors (Lipinski definition) is 4. The van der Waals surface area contributed by atoms with Crippen molar-refractivity contribution < 1.29 is 13.2 Å². The number of amides is 1. The summed E-state index contributed by atoms with van der Waals surface area (Å²) in [4.78, 5) is 13.7. The Morgan fingerprint density at radius 3 is 1.92 bits per heavy atom. The molecule has 1 heterocycles. The van der Waals surface area contributed by atoms with Crippen LogP contribution < -0.4 is 5.73 Å². The lowest BCUT2D eigenvalue weighted by molar-refractivity contribution is -0.130. The lowest BCUT2D eigenvalue weighted by Gasteiger charge is -2.34. The van der Waals surface area contributed by atoms with Gasteiger partial charge in [-0.05, 0) is 36.0 Å². The van der Waals surface area contributed by atoms with Crippen LogP contribution in [0.4, 0.5) is 0 Å². The molecule has 8 heteroatoms. The van der Waals surface area contributed by atoms with Crippen molar-refractivity contribution in [3.8, 4) is 0 Å². The first-order valence-corrected chi connectivity index (χ1v) is 10.0. The first-order valence-electron chi connectivity index (χ1n) is 8.58. The normalized spacial score (nSPS) is 16.3. The fourth-order valence-corrected chi connectivity index (χ4v) is 5.06. The minimum absolute atomic E-state index is 0. The fraction of sp³-hybridized carbons (Fsp3) is 0.611. The van der Waals surface area contributed by atoms with Crippen LogP contribution in [-0.4, -0.2) is 56.3 Å². The Morgan fingerprint density at radius 2 is 1.54 bits per heavy atom. The first kappa shape index (κ1) is 22.9. The van der Waals surface area contributed by atoms with Crippen molar-refractivity contribution in [3.05, 3.63) is 28.8 Å². The largest absolute Gasteiger partial charge is 0.339 e. The molecule has 1 aliphatic heterocycles. The fourth-order valence-electron chi connectivity index (χ4n) is 3.23. The van der Waals surface area contributed by atoms with Gasteiger partial charge in [-0.25, -0.2) is 8.42 Å². The molecule has 0 saturated carbocycles. The number of piperazine rings is 1. The summed E-state index contributed by atoms with van der Waals surface area (Å²) in [5, 5.41) is 0. The van der Waals surface area contributed by atoms with Crippen molar-refractivity contribution in [2.45, 2.75) is 44.9 Å². The summed E-state index contributed by atoms with van der Waals surface area (Å²) in [7, 11) is -3.58. The molecule has 0 atom stereocenters. The van der Waals surface area contributed by atoms with Gasteiger partial charge in [-0.15, -0.1) is 12.4 Å². The van der Waals surface area contributed by atoms with Crippen molar-refractivity contribution >= 4 is 28.3 Å². The number of nitrogens with two attached hydrogens (primary N) is 1. The average Bonchev–Trinajstić information content (AvgIpc) is 2.52. The smallest absolute Gasteiger partial charge is 0.243 e. The van der Waals surface area contributed by atoms with Gasteiger partial charge in [0.15, 0.2) is 0 Å². The zero-order valence-electron chi connectivity index (χ0n) is 16.2. The maximum Gasteiger partial charge on any atom is 0.243 e. The van der Waals surface area contributed by atoms with E-state index in [4.69, 9.17) is 5.73 Å². The summed E-state index contributed by atoms with van der Waals surface area (Å²) in [5.41, 5.74) is 8.01. The number of hydrogen-bond donors (Lipinski definition) is 1. The number of carbonyl (C=O) groups excluding carboxylic acids is 1. The van der Waals surface area contributed by atoms with Gasteiger partial charge in [0.05, 0.1) is 11.4 Å². The predicted molar refractivity (Wildman–Crippen MR) is 106 cm³/mol. The SMILES string of the molecule is Cc1cc(C(C)(C)C)cc(C)c1S(=O)(=O)N1CCN(C(=O)CN)CC1.Cl. The van der Waals surface area contributed by atoms with E-state index in [1.165, 1.54) is 4.31 Å². The summed E-state index contributed by atoms with van der Waals surface area (Å²) < 4.78 is 27.7. The molecular formula is C18H30ClN3O3S. The Labute approximate surface area is 163 Å². The summed E-state index contributed by atoms with van der Waals surface area (Å²) in [6, 6.07) is 3.93. The van der Waals surface area contributed by atoms with E-state index in [9.17, 15) is 13.2 Å². The second-order valence-corrected chi connectivity index (χ2v) is 9.55. The van der Waals surface area contributed by atoms with Gasteiger partial charge in [0.1, 0.15) is 0 Å². The third kappa shape index (κ3) is 4.57. The zero-order valence-corrected chi connectivity index (χ0v) is 17.8. The summed E-state index contributed by atoms with van der Waals surface area (Å²) >= 11 is 0. The van der Waals surface area contributed by atoms with Crippen molar-refractivity contribution in [1.82, 2.24) is 9.21 Å². The molecule has 26 heavy (non-hydrogen) atoms. The summed E-state index contributed by atoms with van der Waals surface area (Å²) in [6.07, 6.45) is 0. The van der Waals surface area contributed by atoms with Crippen LogP contribution in [0.25, 0.3) is 0 Å². The Morgan fingerprint density at radius 1 is 1.08 bits per heavy atom. The molecule has 1 aromatic rings. The lowest BCUT2D eigenvalue weighted by Crippen LogP contribution is -2.51. The van der Waals surface area contributed by atoms with Crippen molar-refractivity contribution in [3.63, 3.8) is 0 Å². The highest BCUT2D eigenvalue weighted by Gasteiger charge is 2.32. The minimum atomic E-state index is -3.58. The number of aryl methyl sites for hydroxylation is 2. The number of halogens is 1. The Kier molecular flexibility index (Phi) is 7.26. The number of sulfonamides is 1. The molecule has 1 fully saturated rings. The highest BCUT2D eigenvalue weighted by atomic mass is 35.5. The molecule has 0 radical (unpaired) electrons. The number of nitrogens with zero attached hydrogens (tertiary/aromatic N) is 2. The van der Waals surface area contributed by atoms with E-state index in [-0.39, 0.29) is 30.3 Å². The van der Waals surface area contributed by atoms with Crippen LogP contribution in [0.2, 0.25) is 0 Å². The van der Waals surface area contributed by atoms with Crippen LogP contribution in [0.1, 0.15) is 37.5 Å². The van der Waals surface area contributed by atoms with Gasteiger partial charge in [-0.2, -0.15) is 4.31 Å². The van der Waals surface area contributed by atoms with E-state index in [2.05, 4.69) is 20.8 Å². The van der Waals surface area contributed by atoms with Crippen molar-refractivity contribution in [2.24, 2.45) is 5.73 Å². The molecule has 1 aromatic carbocycles. The third-order valence-corrected chi connectivity index (χ3v) is 6.90. The highest BCUT2D eigenvalue weighted by Crippen LogP contribution is 2.31. The molecule has 2 N–H and O–H groups in total. The van der Waals surface area contributed by atoms with E-state index in [1.54, 1.807) is 4.90 Å². The molecule has 1 saturated heterocycles. The van der Waals surface area contributed by atoms with Crippen LogP contribution in [0, 0.1) is 13.8 Å². The second-order valence-electron chi connectivity index (χ2n) is 7.68. The molecular weight excluding hydrogens is 374 g/mol. The molecule has 2 rings (SSSR count). The molecule has 0 unspecified atom stereocenters. The zero-order chi connectivity index (χ0) is 19.0. The Bertz CT molecular complexity index is 741. The van der Waals surface area contributed by atoms with Crippen molar-refractivity contribution in [2.75, 3.05) is 32.7 Å². The number of benzene rings is 1. The van der Waals surface area contributed by atoms with Gasteiger partial charge in [0.2, 0.25) is 15.9 Å². The molecule has 0 spiro atoms. The van der Waals surface area contributed by atoms with Crippen LogP contribution in [0.3, 0.4) is 0 Å². The molecule has 0 aliphatic carbocycles. The van der Waals surface area contributed by atoms with E-state index in [0.29, 0.717) is 31.1 Å². The van der Waals surface area contributed by atoms with Gasteiger partial charge < -0.3 is 10.6 Å². The number of carbonyl (C=O) groups is 1. The third-order valence-electron chi connectivity index (χ3n) is 4.69. The van der Waals surface area contributed by atoms with Gasteiger partial charge in [-0.1, -0.05) is 32.9 Å². The quantitative estimate of drug-likeness (QED) is 0.834.